The van der Waals surface area contributed by atoms with Crippen molar-refractivity contribution >= 4 is 20.0 Å². The van der Waals surface area contributed by atoms with E-state index in [9.17, 15) is 16.8 Å². The number of nitrogens with zero attached hydrogens (tertiary/aromatic N) is 6. The molecule has 144 valence electrons. The molecular weight excluding hydrogens is 380 g/mol. The molecule has 12 heteroatoms. The number of aromatic nitrogens is 4. The number of sulfonamides is 2. The van der Waals surface area contributed by atoms with Crippen LogP contribution < -0.4 is 0 Å². The van der Waals surface area contributed by atoms with Crippen LogP contribution in [0, 0.1) is 6.92 Å². The maximum absolute atomic E-state index is 12.8. The molecule has 1 aliphatic heterocycles. The van der Waals surface area contributed by atoms with Crippen LogP contribution in [-0.4, -0.2) is 70.7 Å². The molecule has 0 aromatic carbocycles. The number of aryl methyl sites for hydroxylation is 3. The van der Waals surface area contributed by atoms with E-state index < -0.39 is 20.0 Å². The molecule has 1 aliphatic rings. The molecule has 0 saturated carbocycles. The van der Waals surface area contributed by atoms with E-state index in [0.29, 0.717) is 12.2 Å². The first kappa shape index (κ1) is 19.0. The predicted octanol–water partition coefficient (Wildman–Crippen LogP) is -0.453. The molecule has 1 saturated heterocycles. The summed E-state index contributed by atoms with van der Waals surface area (Å²) in [6.07, 6.45) is 4.73. The van der Waals surface area contributed by atoms with Crippen molar-refractivity contribution in [1.29, 1.82) is 0 Å². The molecule has 1 fully saturated rings. The third-order valence-electron chi connectivity index (χ3n) is 4.39. The summed E-state index contributed by atoms with van der Waals surface area (Å²) in [6.45, 7) is 2.36. The molecule has 0 bridgehead atoms. The molecule has 2 aromatic heterocycles. The zero-order valence-corrected chi connectivity index (χ0v) is 16.5. The molecule has 0 amide bonds. The van der Waals surface area contributed by atoms with Crippen LogP contribution in [0.4, 0.5) is 0 Å². The van der Waals surface area contributed by atoms with E-state index in [4.69, 9.17) is 0 Å². The van der Waals surface area contributed by atoms with E-state index in [1.165, 1.54) is 27.3 Å². The first-order valence-corrected chi connectivity index (χ1v) is 11.0. The molecule has 0 spiro atoms. The van der Waals surface area contributed by atoms with Gasteiger partial charge in [-0.1, -0.05) is 0 Å². The van der Waals surface area contributed by atoms with Gasteiger partial charge in [0.2, 0.25) is 0 Å². The van der Waals surface area contributed by atoms with Gasteiger partial charge < -0.3 is 9.13 Å². The van der Waals surface area contributed by atoms with Crippen molar-refractivity contribution in [2.75, 3.05) is 26.2 Å². The maximum atomic E-state index is 12.8. The van der Waals surface area contributed by atoms with Crippen LogP contribution in [0.25, 0.3) is 0 Å². The van der Waals surface area contributed by atoms with Gasteiger partial charge in [0, 0.05) is 52.7 Å². The Morgan fingerprint density at radius 2 is 1.46 bits per heavy atom. The molecule has 0 atom stereocenters. The van der Waals surface area contributed by atoms with Crippen LogP contribution in [0.2, 0.25) is 0 Å². The summed E-state index contributed by atoms with van der Waals surface area (Å²) < 4.78 is 56.8. The molecule has 3 heterocycles. The molecule has 0 N–H and O–H groups in total. The lowest BCUT2D eigenvalue weighted by Crippen LogP contribution is -2.37. The Hall–Kier alpha value is -1.76. The van der Waals surface area contributed by atoms with Crippen LogP contribution in [0.15, 0.2) is 28.8 Å². The molecule has 0 unspecified atom stereocenters. The Bertz CT molecular complexity index is 989. The minimum Gasteiger partial charge on any atom is -0.339 e. The Balaban J connectivity index is 1.80. The smallest absolute Gasteiger partial charge is 0.262 e. The fraction of sp³-hybridized carbons (Fsp3) is 0.571. The maximum Gasteiger partial charge on any atom is 0.262 e. The van der Waals surface area contributed by atoms with Crippen molar-refractivity contribution < 1.29 is 16.8 Å². The van der Waals surface area contributed by atoms with E-state index in [1.807, 2.05) is 0 Å². The van der Waals surface area contributed by atoms with Gasteiger partial charge >= 0.3 is 0 Å². The molecule has 2 aromatic rings. The number of rotatable bonds is 4. The standard InChI is InChI=1S/C14H22N6O4S2/c1-12-16-14(10-18(12)3)26(23,24)20-6-4-5-19(7-8-20)25(21,22)13-9-17(2)11-15-13/h9-11H,4-8H2,1-3H3. The summed E-state index contributed by atoms with van der Waals surface area (Å²) in [5, 5.41) is -0.0461. The molecule has 10 nitrogen and oxygen atoms in total. The second-order valence-corrected chi connectivity index (χ2v) is 10.0. The van der Waals surface area contributed by atoms with Crippen LogP contribution in [-0.2, 0) is 34.1 Å². The van der Waals surface area contributed by atoms with Gasteiger partial charge in [-0.05, 0) is 13.3 Å². The molecule has 3 rings (SSSR count). The highest BCUT2D eigenvalue weighted by molar-refractivity contribution is 7.89. The van der Waals surface area contributed by atoms with Crippen LogP contribution in [0.3, 0.4) is 0 Å². The Morgan fingerprint density at radius 3 is 1.92 bits per heavy atom. The minimum absolute atomic E-state index is 0.0152. The zero-order chi connectivity index (χ0) is 19.1. The van der Waals surface area contributed by atoms with Crippen LogP contribution >= 0.6 is 0 Å². The van der Waals surface area contributed by atoms with Gasteiger partial charge in [0.1, 0.15) is 5.82 Å². The van der Waals surface area contributed by atoms with Gasteiger partial charge in [0.25, 0.3) is 20.0 Å². The normalized spacial score (nSPS) is 18.1. The van der Waals surface area contributed by atoms with Gasteiger partial charge in [-0.2, -0.15) is 8.61 Å². The first-order valence-electron chi connectivity index (χ1n) is 8.10. The van der Waals surface area contributed by atoms with E-state index >= 15 is 0 Å². The third kappa shape index (κ3) is 3.41. The second kappa shape index (κ2) is 6.76. The Morgan fingerprint density at radius 1 is 0.885 bits per heavy atom. The van der Waals surface area contributed by atoms with E-state index in [-0.39, 0.29) is 36.2 Å². The highest BCUT2D eigenvalue weighted by Gasteiger charge is 2.33. The van der Waals surface area contributed by atoms with E-state index in [2.05, 4.69) is 9.97 Å². The van der Waals surface area contributed by atoms with Crippen LogP contribution in [0.5, 0.6) is 0 Å². The monoisotopic (exact) mass is 402 g/mol. The SMILES string of the molecule is Cc1nc(S(=O)(=O)N2CCCN(S(=O)(=O)c3cn(C)cn3)CC2)cn1C. The average Bonchev–Trinajstić information content (AvgIpc) is 3.05. The predicted molar refractivity (Wildman–Crippen MR) is 93.3 cm³/mol. The highest BCUT2D eigenvalue weighted by atomic mass is 32.2. The van der Waals surface area contributed by atoms with Gasteiger partial charge in [-0.15, -0.1) is 0 Å². The lowest BCUT2D eigenvalue weighted by molar-refractivity contribution is 0.402. The molecular formula is C14H22N6O4S2. The number of imidazole rings is 2. The Labute approximate surface area is 153 Å². The minimum atomic E-state index is -3.76. The topological polar surface area (TPSA) is 110 Å². The zero-order valence-electron chi connectivity index (χ0n) is 14.9. The van der Waals surface area contributed by atoms with Crippen LogP contribution in [0.1, 0.15) is 12.2 Å². The molecule has 26 heavy (non-hydrogen) atoms. The van der Waals surface area contributed by atoms with Crippen molar-refractivity contribution in [3.8, 4) is 0 Å². The van der Waals surface area contributed by atoms with Crippen molar-refractivity contribution in [2.24, 2.45) is 14.1 Å². The summed E-state index contributed by atoms with van der Waals surface area (Å²) in [4.78, 5) is 8.00. The van der Waals surface area contributed by atoms with Crippen molar-refractivity contribution in [1.82, 2.24) is 27.7 Å². The third-order valence-corrected chi connectivity index (χ3v) is 7.94. The largest absolute Gasteiger partial charge is 0.339 e. The highest BCUT2D eigenvalue weighted by Crippen LogP contribution is 2.20. The van der Waals surface area contributed by atoms with Gasteiger partial charge in [0.05, 0.1) is 6.33 Å². The quantitative estimate of drug-likeness (QED) is 0.685. The summed E-state index contributed by atoms with van der Waals surface area (Å²) in [6, 6.07) is 0. The van der Waals surface area contributed by atoms with Gasteiger partial charge in [-0.3, -0.25) is 0 Å². The molecule has 0 radical (unpaired) electrons. The lowest BCUT2D eigenvalue weighted by Gasteiger charge is -2.20. The summed E-state index contributed by atoms with van der Waals surface area (Å²) in [5.41, 5.74) is 0. The number of hydrogen-bond donors (Lipinski definition) is 0. The van der Waals surface area contributed by atoms with Gasteiger partial charge in [-0.25, -0.2) is 26.8 Å². The fourth-order valence-corrected chi connectivity index (χ4v) is 5.72. The molecule has 0 aliphatic carbocycles. The summed E-state index contributed by atoms with van der Waals surface area (Å²) in [5.74, 6) is 0.595. The van der Waals surface area contributed by atoms with Gasteiger partial charge in [0.15, 0.2) is 10.1 Å². The van der Waals surface area contributed by atoms with Crippen molar-refractivity contribution in [2.45, 2.75) is 23.4 Å². The Kier molecular flexibility index (Phi) is 4.94. The van der Waals surface area contributed by atoms with E-state index in [1.54, 1.807) is 30.2 Å². The van der Waals surface area contributed by atoms with Crippen molar-refractivity contribution in [3.63, 3.8) is 0 Å². The number of hydrogen-bond acceptors (Lipinski definition) is 6. The van der Waals surface area contributed by atoms with Crippen molar-refractivity contribution in [3.05, 3.63) is 24.5 Å². The lowest BCUT2D eigenvalue weighted by atomic mass is 10.4. The first-order chi connectivity index (χ1) is 12.1. The summed E-state index contributed by atoms with van der Waals surface area (Å²) >= 11 is 0. The van der Waals surface area contributed by atoms with E-state index in [0.717, 1.165) is 0 Å². The average molecular weight is 403 g/mol. The second-order valence-electron chi connectivity index (χ2n) is 6.28. The fourth-order valence-electron chi connectivity index (χ4n) is 2.79. The summed E-state index contributed by atoms with van der Waals surface area (Å²) in [7, 11) is -4.08.